The van der Waals surface area contributed by atoms with Gasteiger partial charge in [-0.15, -0.1) is 0 Å². The number of fused-ring (bicyclic) bond motifs is 12. The third-order valence-electron chi connectivity index (χ3n) is 10.9. The molecule has 0 bridgehead atoms. The summed E-state index contributed by atoms with van der Waals surface area (Å²) in [5.74, 6) is 0. The number of nitrogens with zero attached hydrogens (tertiary/aromatic N) is 3. The first-order valence-electron chi connectivity index (χ1n) is 16.7. The molecule has 224 valence electrons. The zero-order valence-electron chi connectivity index (χ0n) is 26.6. The first-order valence-corrected chi connectivity index (χ1v) is 16.7. The number of aromatic nitrogens is 3. The van der Waals surface area contributed by atoms with E-state index in [-0.39, 0.29) is 5.41 Å². The minimum Gasteiger partial charge on any atom is -0.291 e. The first kappa shape index (κ1) is 26.1. The van der Waals surface area contributed by atoms with Crippen molar-refractivity contribution in [2.24, 2.45) is 0 Å². The van der Waals surface area contributed by atoms with Crippen LogP contribution in [-0.2, 0) is 5.41 Å². The maximum absolute atomic E-state index is 5.31. The summed E-state index contributed by atoms with van der Waals surface area (Å²) >= 11 is 0. The van der Waals surface area contributed by atoms with Crippen LogP contribution in [0, 0.1) is 0 Å². The van der Waals surface area contributed by atoms with Crippen molar-refractivity contribution in [3.05, 3.63) is 151 Å². The highest BCUT2D eigenvalue weighted by Crippen LogP contribution is 2.50. The van der Waals surface area contributed by atoms with Crippen LogP contribution in [0.5, 0.6) is 0 Å². The molecule has 3 nitrogen and oxygen atoms in total. The molecule has 0 saturated heterocycles. The Morgan fingerprint density at radius 2 is 1.23 bits per heavy atom. The molecule has 0 amide bonds. The number of hydrogen-bond donors (Lipinski definition) is 0. The van der Waals surface area contributed by atoms with Gasteiger partial charge in [0.05, 0.1) is 22.1 Å². The molecule has 48 heavy (non-hydrogen) atoms. The van der Waals surface area contributed by atoms with Crippen molar-refractivity contribution in [3.63, 3.8) is 0 Å². The molecule has 7 aromatic carbocycles. The standard InChI is InChI=1S/C45H29N3/c1-45(2)36-15-9-8-14-32(36)33-22-27(16-19-37(33)45)28-18-21-40-34(23-28)41-31-13-7-6-12-30(31)24-35-42-44(48(40)43(35)41)47-38-20-17-29(25-39(38)46-42)26-10-4-3-5-11-26/h3-25H,1-2H3. The normalized spacial score (nSPS) is 13.8. The molecule has 3 heterocycles. The molecule has 11 rings (SSSR count). The zero-order chi connectivity index (χ0) is 31.7. The molecule has 0 radical (unpaired) electrons. The van der Waals surface area contributed by atoms with E-state index in [1.165, 1.54) is 66.0 Å². The van der Waals surface area contributed by atoms with Crippen LogP contribution in [0.25, 0.3) is 93.5 Å². The van der Waals surface area contributed by atoms with Crippen LogP contribution in [0.2, 0.25) is 0 Å². The largest absolute Gasteiger partial charge is 0.291 e. The minimum atomic E-state index is -0.00410. The molecule has 0 spiro atoms. The number of benzene rings is 7. The predicted molar refractivity (Wildman–Crippen MR) is 200 cm³/mol. The van der Waals surface area contributed by atoms with Crippen molar-refractivity contribution in [1.29, 1.82) is 0 Å². The van der Waals surface area contributed by atoms with Crippen molar-refractivity contribution in [2.75, 3.05) is 0 Å². The van der Waals surface area contributed by atoms with Crippen molar-refractivity contribution in [3.8, 4) is 33.4 Å². The average Bonchev–Trinajstić information content (AvgIpc) is 3.72. The molecule has 0 aliphatic heterocycles. The van der Waals surface area contributed by atoms with Crippen molar-refractivity contribution >= 4 is 60.2 Å². The SMILES string of the molecule is CC1(C)c2ccccc2-c2cc(-c3ccc4c(c3)c3c5ccccc5cc5c6nc7cc(-c8ccccc8)ccc7nc6n4c53)ccc21. The van der Waals surface area contributed by atoms with Gasteiger partial charge in [-0.05, 0) is 91.7 Å². The Balaban J connectivity index is 1.18. The van der Waals surface area contributed by atoms with Crippen molar-refractivity contribution in [2.45, 2.75) is 19.3 Å². The second-order valence-electron chi connectivity index (χ2n) is 13.8. The lowest BCUT2D eigenvalue weighted by Crippen LogP contribution is -2.14. The fourth-order valence-electron chi connectivity index (χ4n) is 8.56. The lowest BCUT2D eigenvalue weighted by atomic mass is 9.82. The molecular formula is C45H29N3. The summed E-state index contributed by atoms with van der Waals surface area (Å²) in [6, 6.07) is 50.9. The van der Waals surface area contributed by atoms with Crippen LogP contribution in [0.4, 0.5) is 0 Å². The first-order chi connectivity index (χ1) is 23.5. The summed E-state index contributed by atoms with van der Waals surface area (Å²) in [6.45, 7) is 4.68. The number of hydrogen-bond acceptors (Lipinski definition) is 2. The van der Waals surface area contributed by atoms with E-state index < -0.39 is 0 Å². The van der Waals surface area contributed by atoms with E-state index in [4.69, 9.17) is 9.97 Å². The summed E-state index contributed by atoms with van der Waals surface area (Å²) in [4.78, 5) is 10.6. The van der Waals surface area contributed by atoms with E-state index in [1.807, 2.05) is 0 Å². The van der Waals surface area contributed by atoms with Gasteiger partial charge in [-0.3, -0.25) is 4.40 Å². The topological polar surface area (TPSA) is 30.2 Å². The summed E-state index contributed by atoms with van der Waals surface area (Å²) in [5.41, 5.74) is 16.3. The highest BCUT2D eigenvalue weighted by Gasteiger charge is 2.35. The summed E-state index contributed by atoms with van der Waals surface area (Å²) < 4.78 is 2.35. The fourth-order valence-corrected chi connectivity index (χ4v) is 8.56. The van der Waals surface area contributed by atoms with Gasteiger partial charge in [-0.2, -0.15) is 0 Å². The predicted octanol–water partition coefficient (Wildman–Crippen LogP) is 11.6. The second-order valence-corrected chi connectivity index (χ2v) is 13.8. The van der Waals surface area contributed by atoms with Gasteiger partial charge in [0.1, 0.15) is 5.52 Å². The maximum Gasteiger partial charge on any atom is 0.165 e. The van der Waals surface area contributed by atoms with Gasteiger partial charge in [0.15, 0.2) is 5.65 Å². The van der Waals surface area contributed by atoms with Gasteiger partial charge >= 0.3 is 0 Å². The molecule has 0 saturated carbocycles. The minimum absolute atomic E-state index is 0.00410. The Hall–Kier alpha value is -6.06. The molecule has 1 aliphatic rings. The Bertz CT molecular complexity index is 2970. The third kappa shape index (κ3) is 3.33. The van der Waals surface area contributed by atoms with Crippen LogP contribution >= 0.6 is 0 Å². The van der Waals surface area contributed by atoms with Crippen LogP contribution < -0.4 is 0 Å². The highest BCUT2D eigenvalue weighted by atomic mass is 15.0. The molecule has 0 N–H and O–H groups in total. The van der Waals surface area contributed by atoms with E-state index in [1.54, 1.807) is 0 Å². The summed E-state index contributed by atoms with van der Waals surface area (Å²) in [5, 5.41) is 6.13. The van der Waals surface area contributed by atoms with Gasteiger partial charge in [0, 0.05) is 21.6 Å². The lowest BCUT2D eigenvalue weighted by molar-refractivity contribution is 0.660. The molecule has 3 aromatic heterocycles. The molecule has 0 unspecified atom stereocenters. The molecular weight excluding hydrogens is 583 g/mol. The Morgan fingerprint density at radius 1 is 0.500 bits per heavy atom. The summed E-state index contributed by atoms with van der Waals surface area (Å²) in [7, 11) is 0. The van der Waals surface area contributed by atoms with Gasteiger partial charge in [-0.1, -0.05) is 117 Å². The average molecular weight is 612 g/mol. The quantitative estimate of drug-likeness (QED) is 0.195. The highest BCUT2D eigenvalue weighted by molar-refractivity contribution is 6.31. The van der Waals surface area contributed by atoms with Gasteiger partial charge in [-0.25, -0.2) is 9.97 Å². The van der Waals surface area contributed by atoms with E-state index in [0.717, 1.165) is 38.7 Å². The van der Waals surface area contributed by atoms with Gasteiger partial charge < -0.3 is 0 Å². The van der Waals surface area contributed by atoms with Gasteiger partial charge in [0.2, 0.25) is 0 Å². The van der Waals surface area contributed by atoms with Crippen molar-refractivity contribution < 1.29 is 0 Å². The van der Waals surface area contributed by atoms with Crippen LogP contribution in [-0.4, -0.2) is 14.4 Å². The monoisotopic (exact) mass is 611 g/mol. The smallest absolute Gasteiger partial charge is 0.165 e. The van der Waals surface area contributed by atoms with E-state index in [0.29, 0.717) is 0 Å². The zero-order valence-corrected chi connectivity index (χ0v) is 26.6. The van der Waals surface area contributed by atoms with Crippen LogP contribution in [0.1, 0.15) is 25.0 Å². The summed E-state index contributed by atoms with van der Waals surface area (Å²) in [6.07, 6.45) is 0. The molecule has 10 aromatic rings. The Kier molecular flexibility index (Phi) is 4.91. The molecule has 3 heteroatoms. The van der Waals surface area contributed by atoms with E-state index in [2.05, 4.69) is 158 Å². The Morgan fingerprint density at radius 3 is 2.15 bits per heavy atom. The lowest BCUT2D eigenvalue weighted by Gasteiger charge is -2.21. The fraction of sp³-hybridized carbons (Fsp3) is 0.0667. The Labute approximate surface area is 277 Å². The number of rotatable bonds is 2. The maximum atomic E-state index is 5.31. The second kappa shape index (κ2) is 9.05. The van der Waals surface area contributed by atoms with E-state index in [9.17, 15) is 0 Å². The van der Waals surface area contributed by atoms with Gasteiger partial charge in [0.25, 0.3) is 0 Å². The van der Waals surface area contributed by atoms with Crippen LogP contribution in [0.3, 0.4) is 0 Å². The molecule has 0 fully saturated rings. The molecule has 1 aliphatic carbocycles. The van der Waals surface area contributed by atoms with Crippen LogP contribution in [0.15, 0.2) is 140 Å². The van der Waals surface area contributed by atoms with E-state index >= 15 is 0 Å². The third-order valence-corrected chi connectivity index (χ3v) is 10.9. The molecule has 0 atom stereocenters. The van der Waals surface area contributed by atoms with Crippen molar-refractivity contribution in [1.82, 2.24) is 14.4 Å².